The smallest absolute Gasteiger partial charge is 0.306 e. The molecule has 0 aliphatic carbocycles. The Morgan fingerprint density at radius 1 is 0.550 bits per heavy atom. The third kappa shape index (κ3) is 44.5. The highest BCUT2D eigenvalue weighted by atomic mass is 31.2. The van der Waals surface area contributed by atoms with E-state index in [0.717, 1.165) is 57.8 Å². The van der Waals surface area contributed by atoms with Crippen LogP contribution in [-0.4, -0.2) is 70.0 Å². The Hall–Kier alpha value is -3.07. The van der Waals surface area contributed by atoms with Crippen molar-refractivity contribution in [2.24, 2.45) is 0 Å². The first kappa shape index (κ1) is 56.9. The molecule has 0 amide bonds. The molecule has 0 heterocycles. The minimum Gasteiger partial charge on any atom is -0.756 e. The molecule has 0 rings (SSSR count). The molecule has 2 atom stereocenters. The van der Waals surface area contributed by atoms with Crippen LogP contribution in [0.2, 0.25) is 0 Å². The average Bonchev–Trinajstić information content (AvgIpc) is 3.20. The number of ether oxygens (including phenoxy) is 2. The maximum Gasteiger partial charge on any atom is 0.306 e. The predicted octanol–water partition coefficient (Wildman–Crippen LogP) is 12.7. The SMILES string of the molecule is CC/C=C/C=C/C=C/C=C/CCCCCCCC(=O)OC[C@H](COP(=O)([O-])OCC[N+](C)(C)C)OC(=O)CCC/C=C/C/C=C/C/C=C/C/C=C/CCCCCCCCC. The van der Waals surface area contributed by atoms with Gasteiger partial charge in [-0.05, 0) is 70.6 Å². The standard InChI is InChI=1S/C50H84NO8P/c1-6-8-10-12-14-16-18-20-22-23-24-25-26-27-29-31-33-35-37-39-41-43-50(53)59-48(47-58-60(54,55)57-45-44-51(3,4)5)46-56-49(52)42-40-38-36-34-32-30-28-21-19-17-15-13-11-9-7-2/h9,11,13,15,17,19,21-23,25-26,28-29,31,35,37,48H,6-8,10,12,14,16,18,20,24,27,30,32-34,36,38-47H2,1-5H3/b11-9+,15-13+,19-17+,23-22+,26-25+,28-21+,31-29+,37-35+/t48-/m1/s1. The van der Waals surface area contributed by atoms with E-state index in [1.54, 1.807) is 0 Å². The van der Waals surface area contributed by atoms with Crippen LogP contribution in [-0.2, 0) is 32.7 Å². The lowest BCUT2D eigenvalue weighted by Crippen LogP contribution is -2.37. The molecule has 0 spiro atoms. The van der Waals surface area contributed by atoms with Gasteiger partial charge in [0, 0.05) is 12.8 Å². The zero-order chi connectivity index (χ0) is 44.3. The maximum atomic E-state index is 12.7. The number of hydrogen-bond acceptors (Lipinski definition) is 8. The first-order valence-corrected chi connectivity index (χ1v) is 24.5. The fraction of sp³-hybridized carbons (Fsp3) is 0.640. The number of phosphoric acid groups is 1. The number of allylic oxidation sites excluding steroid dienone is 16. The van der Waals surface area contributed by atoms with Crippen LogP contribution < -0.4 is 4.89 Å². The van der Waals surface area contributed by atoms with Gasteiger partial charge in [-0.1, -0.05) is 169 Å². The second-order valence-corrected chi connectivity index (χ2v) is 17.5. The van der Waals surface area contributed by atoms with Gasteiger partial charge in [-0.2, -0.15) is 0 Å². The van der Waals surface area contributed by atoms with E-state index in [2.05, 4.69) is 74.6 Å². The Labute approximate surface area is 366 Å². The van der Waals surface area contributed by atoms with Crippen LogP contribution >= 0.6 is 7.82 Å². The summed E-state index contributed by atoms with van der Waals surface area (Å²) in [7, 11) is 1.10. The summed E-state index contributed by atoms with van der Waals surface area (Å²) < 4.78 is 33.8. The van der Waals surface area contributed by atoms with Crippen LogP contribution in [0.15, 0.2) is 97.2 Å². The van der Waals surface area contributed by atoms with Gasteiger partial charge >= 0.3 is 11.9 Å². The van der Waals surface area contributed by atoms with Gasteiger partial charge in [-0.3, -0.25) is 14.2 Å². The van der Waals surface area contributed by atoms with Crippen LogP contribution in [0.4, 0.5) is 0 Å². The molecule has 0 fully saturated rings. The van der Waals surface area contributed by atoms with Crippen LogP contribution in [0.3, 0.4) is 0 Å². The van der Waals surface area contributed by atoms with E-state index in [9.17, 15) is 19.0 Å². The molecule has 0 aromatic carbocycles. The maximum absolute atomic E-state index is 12.7. The Morgan fingerprint density at radius 3 is 1.62 bits per heavy atom. The molecule has 0 saturated carbocycles. The lowest BCUT2D eigenvalue weighted by atomic mass is 10.1. The molecule has 1 unspecified atom stereocenters. The van der Waals surface area contributed by atoms with Gasteiger partial charge in [0.05, 0.1) is 27.7 Å². The van der Waals surface area contributed by atoms with Crippen molar-refractivity contribution in [2.45, 2.75) is 161 Å². The molecule has 10 heteroatoms. The molecular formula is C50H84NO8P. The average molecular weight is 858 g/mol. The molecule has 0 N–H and O–H groups in total. The quantitative estimate of drug-likeness (QED) is 0.0150. The summed E-state index contributed by atoms with van der Waals surface area (Å²) in [5.41, 5.74) is 0. The number of unbranched alkanes of at least 4 members (excludes halogenated alkanes) is 13. The molecule has 0 aliphatic heterocycles. The molecule has 0 aliphatic rings. The van der Waals surface area contributed by atoms with E-state index < -0.39 is 32.5 Å². The molecular weight excluding hydrogens is 774 g/mol. The third-order valence-corrected chi connectivity index (χ3v) is 10.1. The minimum absolute atomic E-state index is 0.0509. The molecule has 0 bridgehead atoms. The number of carbonyl (C=O) groups excluding carboxylic acids is 2. The zero-order valence-electron chi connectivity index (χ0n) is 38.4. The van der Waals surface area contributed by atoms with Crippen molar-refractivity contribution in [3.63, 3.8) is 0 Å². The summed E-state index contributed by atoms with van der Waals surface area (Å²) in [6, 6.07) is 0. The third-order valence-electron chi connectivity index (χ3n) is 9.18. The monoisotopic (exact) mass is 858 g/mol. The van der Waals surface area contributed by atoms with Gasteiger partial charge in [0.15, 0.2) is 6.10 Å². The van der Waals surface area contributed by atoms with Crippen molar-refractivity contribution in [3.05, 3.63) is 97.2 Å². The number of hydrogen-bond donors (Lipinski definition) is 0. The number of quaternary nitrogens is 1. The van der Waals surface area contributed by atoms with E-state index in [4.69, 9.17) is 18.5 Å². The summed E-state index contributed by atoms with van der Waals surface area (Å²) in [6.45, 7) is 3.97. The topological polar surface area (TPSA) is 111 Å². The fourth-order valence-corrected chi connectivity index (χ4v) is 6.33. The Morgan fingerprint density at radius 2 is 1.03 bits per heavy atom. The summed E-state index contributed by atoms with van der Waals surface area (Å²) in [4.78, 5) is 37.6. The van der Waals surface area contributed by atoms with Gasteiger partial charge in [-0.15, -0.1) is 0 Å². The number of carbonyl (C=O) groups is 2. The zero-order valence-corrected chi connectivity index (χ0v) is 39.3. The van der Waals surface area contributed by atoms with Crippen molar-refractivity contribution >= 4 is 19.8 Å². The molecule has 0 radical (unpaired) electrons. The van der Waals surface area contributed by atoms with E-state index in [1.165, 1.54) is 51.4 Å². The largest absolute Gasteiger partial charge is 0.756 e. The second kappa shape index (κ2) is 41.3. The van der Waals surface area contributed by atoms with Gasteiger partial charge < -0.3 is 27.9 Å². The van der Waals surface area contributed by atoms with Crippen LogP contribution in [0, 0.1) is 0 Å². The Balaban J connectivity index is 4.49. The molecule has 0 aromatic heterocycles. The number of rotatable bonds is 40. The van der Waals surface area contributed by atoms with Gasteiger partial charge in [0.25, 0.3) is 7.82 Å². The van der Waals surface area contributed by atoms with Gasteiger partial charge in [-0.25, -0.2) is 0 Å². The lowest BCUT2D eigenvalue weighted by molar-refractivity contribution is -0.870. The van der Waals surface area contributed by atoms with E-state index in [0.29, 0.717) is 30.3 Å². The second-order valence-electron chi connectivity index (χ2n) is 16.1. The number of phosphoric ester groups is 1. The molecule has 0 aromatic rings. The molecule has 9 nitrogen and oxygen atoms in total. The van der Waals surface area contributed by atoms with E-state index in [1.807, 2.05) is 57.6 Å². The van der Waals surface area contributed by atoms with Crippen molar-refractivity contribution in [2.75, 3.05) is 47.5 Å². The van der Waals surface area contributed by atoms with Crippen LogP contribution in [0.25, 0.3) is 0 Å². The first-order valence-electron chi connectivity index (χ1n) is 23.0. The lowest BCUT2D eigenvalue weighted by Gasteiger charge is -2.28. The molecule has 342 valence electrons. The van der Waals surface area contributed by atoms with E-state index >= 15 is 0 Å². The summed E-state index contributed by atoms with van der Waals surface area (Å²) >= 11 is 0. The Kier molecular flexibility index (Phi) is 39.2. The van der Waals surface area contributed by atoms with Crippen molar-refractivity contribution < 1.29 is 42.1 Å². The van der Waals surface area contributed by atoms with Gasteiger partial charge in [0.2, 0.25) is 0 Å². The summed E-state index contributed by atoms with van der Waals surface area (Å²) in [5.74, 6) is -0.937. The first-order chi connectivity index (χ1) is 29.0. The van der Waals surface area contributed by atoms with Gasteiger partial charge in [0.1, 0.15) is 19.8 Å². The highest BCUT2D eigenvalue weighted by Gasteiger charge is 2.21. The van der Waals surface area contributed by atoms with Crippen LogP contribution in [0.1, 0.15) is 155 Å². The highest BCUT2D eigenvalue weighted by Crippen LogP contribution is 2.38. The van der Waals surface area contributed by atoms with Crippen molar-refractivity contribution in [3.8, 4) is 0 Å². The number of nitrogens with zero attached hydrogens (tertiary/aromatic N) is 1. The Bertz CT molecular complexity index is 1340. The predicted molar refractivity (Wildman–Crippen MR) is 249 cm³/mol. The fourth-order valence-electron chi connectivity index (χ4n) is 5.60. The number of esters is 2. The van der Waals surface area contributed by atoms with Crippen molar-refractivity contribution in [1.82, 2.24) is 0 Å². The highest BCUT2D eigenvalue weighted by molar-refractivity contribution is 7.45. The summed E-state index contributed by atoms with van der Waals surface area (Å²) in [5, 5.41) is 0. The number of likely N-dealkylation sites (N-methyl/N-ethyl adjacent to an activating group) is 1. The van der Waals surface area contributed by atoms with E-state index in [-0.39, 0.29) is 26.1 Å². The minimum atomic E-state index is -4.65. The molecule has 60 heavy (non-hydrogen) atoms. The van der Waals surface area contributed by atoms with Crippen LogP contribution in [0.5, 0.6) is 0 Å². The molecule has 0 saturated heterocycles. The summed E-state index contributed by atoms with van der Waals surface area (Å²) in [6.07, 6.45) is 54.5. The normalized spacial score (nSPS) is 14.4. The van der Waals surface area contributed by atoms with Crippen molar-refractivity contribution in [1.29, 1.82) is 0 Å².